The van der Waals surface area contributed by atoms with Gasteiger partial charge in [-0.15, -0.1) is 0 Å². The summed E-state index contributed by atoms with van der Waals surface area (Å²) in [6, 6.07) is 7.16. The smallest absolute Gasteiger partial charge is 0.261 e. The second-order valence-corrected chi connectivity index (χ2v) is 6.10. The van der Waals surface area contributed by atoms with Crippen LogP contribution in [0.3, 0.4) is 0 Å². The van der Waals surface area contributed by atoms with E-state index in [4.69, 9.17) is 9.47 Å². The molecule has 2 aromatic rings. The molecule has 0 aliphatic heterocycles. The zero-order chi connectivity index (χ0) is 17.8. The van der Waals surface area contributed by atoms with E-state index in [-0.39, 0.29) is 17.0 Å². The first-order valence-electron chi connectivity index (χ1n) is 8.36. The molecule has 25 heavy (non-hydrogen) atoms. The van der Waals surface area contributed by atoms with Crippen molar-refractivity contribution in [1.29, 1.82) is 0 Å². The Morgan fingerprint density at radius 2 is 1.88 bits per heavy atom. The Morgan fingerprint density at radius 3 is 2.64 bits per heavy atom. The van der Waals surface area contributed by atoms with Crippen LogP contribution in [0.2, 0.25) is 0 Å². The summed E-state index contributed by atoms with van der Waals surface area (Å²) in [5.41, 5.74) is 2.74. The van der Waals surface area contributed by atoms with Crippen LogP contribution in [-0.2, 0) is 19.4 Å². The fourth-order valence-electron chi connectivity index (χ4n) is 3.11. The monoisotopic (exact) mass is 342 g/mol. The number of aromatic amines is 1. The number of H-pyrrole nitrogens is 1. The van der Waals surface area contributed by atoms with Gasteiger partial charge in [0.25, 0.3) is 11.5 Å². The summed E-state index contributed by atoms with van der Waals surface area (Å²) < 4.78 is 10.5. The third-order valence-corrected chi connectivity index (χ3v) is 4.48. The van der Waals surface area contributed by atoms with Crippen LogP contribution in [0.25, 0.3) is 0 Å². The predicted molar refractivity (Wildman–Crippen MR) is 94.4 cm³/mol. The van der Waals surface area contributed by atoms with Crippen LogP contribution in [0.1, 0.15) is 40.0 Å². The molecule has 0 unspecified atom stereocenters. The van der Waals surface area contributed by atoms with Crippen molar-refractivity contribution < 1.29 is 14.3 Å². The molecular formula is C19H22N2O4. The lowest BCUT2D eigenvalue weighted by molar-refractivity contribution is 0.0949. The molecule has 1 heterocycles. The SMILES string of the molecule is COc1ccc(CNC(=O)c2cc3c([nH]c2=O)CCCC3)cc1OC. The molecular weight excluding hydrogens is 320 g/mol. The van der Waals surface area contributed by atoms with Crippen molar-refractivity contribution in [2.45, 2.75) is 32.2 Å². The highest BCUT2D eigenvalue weighted by Gasteiger charge is 2.17. The highest BCUT2D eigenvalue weighted by Crippen LogP contribution is 2.27. The van der Waals surface area contributed by atoms with Gasteiger partial charge in [0.15, 0.2) is 11.5 Å². The minimum Gasteiger partial charge on any atom is -0.493 e. The molecule has 1 aliphatic carbocycles. The molecule has 1 aromatic carbocycles. The van der Waals surface area contributed by atoms with Gasteiger partial charge >= 0.3 is 0 Å². The zero-order valence-corrected chi connectivity index (χ0v) is 14.5. The second-order valence-electron chi connectivity index (χ2n) is 6.10. The highest BCUT2D eigenvalue weighted by atomic mass is 16.5. The van der Waals surface area contributed by atoms with Gasteiger partial charge in [-0.1, -0.05) is 6.07 Å². The third-order valence-electron chi connectivity index (χ3n) is 4.48. The molecule has 1 aromatic heterocycles. The standard InChI is InChI=1S/C19H22N2O4/c1-24-16-8-7-12(9-17(16)25-2)11-20-18(22)14-10-13-5-3-4-6-15(13)21-19(14)23/h7-10H,3-6,11H2,1-2H3,(H,20,22)(H,21,23). The molecule has 0 fully saturated rings. The van der Waals surface area contributed by atoms with E-state index in [1.54, 1.807) is 32.4 Å². The molecule has 132 valence electrons. The number of carbonyl (C=O) groups is 1. The fourth-order valence-corrected chi connectivity index (χ4v) is 3.11. The average Bonchev–Trinajstić information content (AvgIpc) is 2.65. The van der Waals surface area contributed by atoms with E-state index >= 15 is 0 Å². The van der Waals surface area contributed by atoms with Gasteiger partial charge in [-0.25, -0.2) is 0 Å². The van der Waals surface area contributed by atoms with Crippen molar-refractivity contribution in [2.24, 2.45) is 0 Å². The summed E-state index contributed by atoms with van der Waals surface area (Å²) in [5, 5.41) is 2.80. The van der Waals surface area contributed by atoms with E-state index in [0.29, 0.717) is 18.0 Å². The van der Waals surface area contributed by atoms with E-state index in [2.05, 4.69) is 10.3 Å². The molecule has 0 atom stereocenters. The van der Waals surface area contributed by atoms with E-state index in [0.717, 1.165) is 42.5 Å². The van der Waals surface area contributed by atoms with Crippen LogP contribution in [0, 0.1) is 0 Å². The quantitative estimate of drug-likeness (QED) is 0.873. The van der Waals surface area contributed by atoms with Crippen molar-refractivity contribution in [1.82, 2.24) is 10.3 Å². The number of pyridine rings is 1. The Kier molecular flexibility index (Phi) is 5.07. The van der Waals surface area contributed by atoms with Gasteiger partial charge < -0.3 is 19.8 Å². The normalized spacial score (nSPS) is 13.0. The van der Waals surface area contributed by atoms with Gasteiger partial charge in [-0.3, -0.25) is 9.59 Å². The molecule has 6 nitrogen and oxygen atoms in total. The van der Waals surface area contributed by atoms with Gasteiger partial charge in [-0.05, 0) is 55.0 Å². The first kappa shape index (κ1) is 17.1. The summed E-state index contributed by atoms with van der Waals surface area (Å²) in [7, 11) is 3.13. The summed E-state index contributed by atoms with van der Waals surface area (Å²) in [5.74, 6) is 0.856. The Labute approximate surface area is 146 Å². The number of hydrogen-bond acceptors (Lipinski definition) is 4. The van der Waals surface area contributed by atoms with Crippen LogP contribution in [0.5, 0.6) is 11.5 Å². The molecule has 3 rings (SSSR count). The Balaban J connectivity index is 1.74. The minimum absolute atomic E-state index is 0.168. The number of carbonyl (C=O) groups excluding carboxylic acids is 1. The van der Waals surface area contributed by atoms with Gasteiger partial charge in [0, 0.05) is 12.2 Å². The molecule has 1 amide bonds. The summed E-state index contributed by atoms with van der Waals surface area (Å²) in [4.78, 5) is 27.4. The average molecular weight is 342 g/mol. The summed E-state index contributed by atoms with van der Waals surface area (Å²) in [6.07, 6.45) is 3.94. The highest BCUT2D eigenvalue weighted by molar-refractivity contribution is 5.94. The van der Waals surface area contributed by atoms with Gasteiger partial charge in [0.2, 0.25) is 0 Å². The molecule has 0 saturated carbocycles. The Bertz CT molecular complexity index is 842. The van der Waals surface area contributed by atoms with Crippen LogP contribution < -0.4 is 20.3 Å². The Morgan fingerprint density at radius 1 is 1.12 bits per heavy atom. The number of benzene rings is 1. The number of nitrogens with one attached hydrogen (secondary N) is 2. The van der Waals surface area contributed by atoms with Crippen molar-refractivity contribution >= 4 is 5.91 Å². The number of rotatable bonds is 5. The zero-order valence-electron chi connectivity index (χ0n) is 14.5. The summed E-state index contributed by atoms with van der Waals surface area (Å²) >= 11 is 0. The number of fused-ring (bicyclic) bond motifs is 1. The van der Waals surface area contributed by atoms with Crippen LogP contribution in [0.15, 0.2) is 29.1 Å². The van der Waals surface area contributed by atoms with Crippen LogP contribution >= 0.6 is 0 Å². The number of amides is 1. The summed E-state index contributed by atoms with van der Waals surface area (Å²) in [6.45, 7) is 0.301. The van der Waals surface area contributed by atoms with E-state index in [9.17, 15) is 9.59 Å². The van der Waals surface area contributed by atoms with E-state index < -0.39 is 0 Å². The molecule has 2 N–H and O–H groups in total. The number of methoxy groups -OCH3 is 2. The largest absolute Gasteiger partial charge is 0.493 e. The van der Waals surface area contributed by atoms with Crippen molar-refractivity contribution in [3.63, 3.8) is 0 Å². The maximum atomic E-state index is 12.4. The molecule has 1 aliphatic rings. The number of aryl methyl sites for hydroxylation is 2. The van der Waals surface area contributed by atoms with Crippen molar-refractivity contribution in [3.8, 4) is 11.5 Å². The minimum atomic E-state index is -0.371. The van der Waals surface area contributed by atoms with Gasteiger partial charge in [0.05, 0.1) is 14.2 Å². The van der Waals surface area contributed by atoms with Gasteiger partial charge in [0.1, 0.15) is 5.56 Å². The lowest BCUT2D eigenvalue weighted by Gasteiger charge is -2.16. The molecule has 0 radical (unpaired) electrons. The predicted octanol–water partition coefficient (Wildman–Crippen LogP) is 2.20. The van der Waals surface area contributed by atoms with Crippen molar-refractivity contribution in [3.05, 3.63) is 57.0 Å². The number of hydrogen-bond donors (Lipinski definition) is 2. The second kappa shape index (κ2) is 7.42. The molecule has 0 saturated heterocycles. The lowest BCUT2D eigenvalue weighted by atomic mass is 9.95. The molecule has 0 spiro atoms. The first-order chi connectivity index (χ1) is 12.1. The maximum absolute atomic E-state index is 12.4. The molecule has 6 heteroatoms. The number of ether oxygens (including phenoxy) is 2. The topological polar surface area (TPSA) is 80.4 Å². The van der Waals surface area contributed by atoms with E-state index in [1.165, 1.54) is 0 Å². The van der Waals surface area contributed by atoms with Crippen LogP contribution in [0.4, 0.5) is 0 Å². The van der Waals surface area contributed by atoms with Gasteiger partial charge in [-0.2, -0.15) is 0 Å². The number of aromatic nitrogens is 1. The Hall–Kier alpha value is -2.76. The molecule has 0 bridgehead atoms. The van der Waals surface area contributed by atoms with Crippen LogP contribution in [-0.4, -0.2) is 25.1 Å². The fraction of sp³-hybridized carbons (Fsp3) is 0.368. The third kappa shape index (κ3) is 3.68. The maximum Gasteiger partial charge on any atom is 0.261 e. The lowest BCUT2D eigenvalue weighted by Crippen LogP contribution is -2.30. The van der Waals surface area contributed by atoms with E-state index in [1.807, 2.05) is 6.07 Å². The van der Waals surface area contributed by atoms with Crippen molar-refractivity contribution in [2.75, 3.05) is 14.2 Å². The first-order valence-corrected chi connectivity index (χ1v) is 8.36.